The molecule has 0 N–H and O–H groups in total. The predicted octanol–water partition coefficient (Wildman–Crippen LogP) is 2.49. The van der Waals surface area contributed by atoms with Crippen LogP contribution in [0.3, 0.4) is 0 Å². The lowest BCUT2D eigenvalue weighted by Crippen LogP contribution is -2.15. The fourth-order valence-corrected chi connectivity index (χ4v) is 1.13. The molecule has 0 rings (SSSR count). The van der Waals surface area contributed by atoms with Gasteiger partial charge >= 0.3 is 0 Å². The van der Waals surface area contributed by atoms with Gasteiger partial charge in [0.15, 0.2) is 0 Å². The summed E-state index contributed by atoms with van der Waals surface area (Å²) in [6.07, 6.45) is 2.15. The molecule has 92 valence electrons. The van der Waals surface area contributed by atoms with Gasteiger partial charge in [0.05, 0.1) is 26.4 Å². The largest absolute Gasteiger partial charge is 0.381 e. The molecule has 0 aliphatic rings. The summed E-state index contributed by atoms with van der Waals surface area (Å²) in [7, 11) is 0. The van der Waals surface area contributed by atoms with E-state index in [1.807, 2.05) is 0 Å². The van der Waals surface area contributed by atoms with E-state index in [9.17, 15) is 0 Å². The van der Waals surface area contributed by atoms with E-state index in [0.717, 1.165) is 39.3 Å². The second kappa shape index (κ2) is 12.0. The topological polar surface area (TPSA) is 27.7 Å². The van der Waals surface area contributed by atoms with E-state index >= 15 is 0 Å². The Labute approximate surface area is 94.1 Å². The van der Waals surface area contributed by atoms with Crippen molar-refractivity contribution in [3.05, 3.63) is 0 Å². The van der Waals surface area contributed by atoms with Gasteiger partial charge in [-0.15, -0.1) is 0 Å². The second-order valence-corrected chi connectivity index (χ2v) is 3.87. The first-order valence-electron chi connectivity index (χ1n) is 6.04. The summed E-state index contributed by atoms with van der Waals surface area (Å²) in [4.78, 5) is 0. The molecule has 3 nitrogen and oxygen atoms in total. The molecule has 0 aromatic heterocycles. The molecule has 0 spiro atoms. The van der Waals surface area contributed by atoms with Crippen molar-refractivity contribution < 1.29 is 14.2 Å². The molecule has 0 amide bonds. The van der Waals surface area contributed by atoms with Crippen LogP contribution in [0.5, 0.6) is 0 Å². The fraction of sp³-hybridized carbons (Fsp3) is 1.00. The van der Waals surface area contributed by atoms with Crippen LogP contribution in [0.25, 0.3) is 0 Å². The second-order valence-electron chi connectivity index (χ2n) is 3.87. The summed E-state index contributed by atoms with van der Waals surface area (Å²) in [6.45, 7) is 11.0. The highest BCUT2D eigenvalue weighted by molar-refractivity contribution is 4.48. The minimum absolute atomic E-state index is 0.475. The number of hydrogen-bond donors (Lipinski definition) is 0. The fourth-order valence-electron chi connectivity index (χ4n) is 1.13. The van der Waals surface area contributed by atoms with Crippen molar-refractivity contribution in [2.45, 2.75) is 33.6 Å². The SMILES string of the molecule is CCCOCCOCC(C)COCCC. The Kier molecular flexibility index (Phi) is 11.9. The monoisotopic (exact) mass is 218 g/mol. The summed E-state index contributed by atoms with van der Waals surface area (Å²) in [5, 5.41) is 0. The Hall–Kier alpha value is -0.120. The third-order valence-corrected chi connectivity index (χ3v) is 1.87. The van der Waals surface area contributed by atoms with Gasteiger partial charge in [0.1, 0.15) is 0 Å². The van der Waals surface area contributed by atoms with Gasteiger partial charge < -0.3 is 14.2 Å². The van der Waals surface area contributed by atoms with Gasteiger partial charge in [0, 0.05) is 19.1 Å². The van der Waals surface area contributed by atoms with Crippen LogP contribution in [-0.2, 0) is 14.2 Å². The molecule has 3 heteroatoms. The van der Waals surface area contributed by atoms with Crippen LogP contribution in [0.1, 0.15) is 33.6 Å². The Morgan fingerprint density at radius 1 is 0.733 bits per heavy atom. The lowest BCUT2D eigenvalue weighted by molar-refractivity contribution is 0.0147. The number of rotatable bonds is 11. The van der Waals surface area contributed by atoms with E-state index in [2.05, 4.69) is 20.8 Å². The van der Waals surface area contributed by atoms with Crippen LogP contribution in [-0.4, -0.2) is 39.6 Å². The number of ether oxygens (including phenoxy) is 3. The summed E-state index contributed by atoms with van der Waals surface area (Å²) >= 11 is 0. The van der Waals surface area contributed by atoms with Crippen LogP contribution in [0.4, 0.5) is 0 Å². The average molecular weight is 218 g/mol. The van der Waals surface area contributed by atoms with Gasteiger partial charge in [-0.25, -0.2) is 0 Å². The first-order valence-corrected chi connectivity index (χ1v) is 6.04. The Bertz CT molecular complexity index is 117. The molecule has 15 heavy (non-hydrogen) atoms. The molecule has 0 fully saturated rings. The van der Waals surface area contributed by atoms with Gasteiger partial charge in [-0.05, 0) is 12.8 Å². The minimum Gasteiger partial charge on any atom is -0.381 e. The lowest BCUT2D eigenvalue weighted by Gasteiger charge is -2.12. The Morgan fingerprint density at radius 2 is 1.20 bits per heavy atom. The molecule has 1 unspecified atom stereocenters. The smallest absolute Gasteiger partial charge is 0.0700 e. The lowest BCUT2D eigenvalue weighted by atomic mass is 10.2. The molecule has 0 aromatic carbocycles. The molecule has 0 bridgehead atoms. The maximum absolute atomic E-state index is 5.47. The molecule has 0 radical (unpaired) electrons. The van der Waals surface area contributed by atoms with E-state index in [-0.39, 0.29) is 0 Å². The molecule has 0 aliphatic heterocycles. The van der Waals surface area contributed by atoms with Crippen molar-refractivity contribution in [2.75, 3.05) is 39.6 Å². The zero-order valence-electron chi connectivity index (χ0n) is 10.5. The van der Waals surface area contributed by atoms with E-state index in [4.69, 9.17) is 14.2 Å². The standard InChI is InChI=1S/C12H26O3/c1-4-6-13-8-9-15-11-12(3)10-14-7-5-2/h12H,4-11H2,1-3H3. The Balaban J connectivity index is 3.06. The number of hydrogen-bond acceptors (Lipinski definition) is 3. The zero-order valence-corrected chi connectivity index (χ0v) is 10.5. The quantitative estimate of drug-likeness (QED) is 0.499. The van der Waals surface area contributed by atoms with E-state index < -0.39 is 0 Å². The van der Waals surface area contributed by atoms with Crippen LogP contribution in [0.15, 0.2) is 0 Å². The molecule has 1 atom stereocenters. The molecular weight excluding hydrogens is 192 g/mol. The van der Waals surface area contributed by atoms with Crippen molar-refractivity contribution in [2.24, 2.45) is 5.92 Å². The van der Waals surface area contributed by atoms with Crippen LogP contribution >= 0.6 is 0 Å². The van der Waals surface area contributed by atoms with Crippen LogP contribution < -0.4 is 0 Å². The van der Waals surface area contributed by atoms with Gasteiger partial charge in [-0.3, -0.25) is 0 Å². The molecular formula is C12H26O3. The van der Waals surface area contributed by atoms with Crippen molar-refractivity contribution >= 4 is 0 Å². The third-order valence-electron chi connectivity index (χ3n) is 1.87. The van der Waals surface area contributed by atoms with Gasteiger partial charge in [-0.1, -0.05) is 20.8 Å². The van der Waals surface area contributed by atoms with E-state index in [0.29, 0.717) is 19.1 Å². The summed E-state index contributed by atoms with van der Waals surface area (Å²) in [5.74, 6) is 0.475. The summed E-state index contributed by atoms with van der Waals surface area (Å²) in [5.41, 5.74) is 0. The van der Waals surface area contributed by atoms with Crippen molar-refractivity contribution in [3.8, 4) is 0 Å². The molecule has 0 saturated carbocycles. The summed E-state index contributed by atoms with van der Waals surface area (Å²) in [6, 6.07) is 0. The predicted molar refractivity (Wildman–Crippen MR) is 62.2 cm³/mol. The van der Waals surface area contributed by atoms with Crippen LogP contribution in [0.2, 0.25) is 0 Å². The van der Waals surface area contributed by atoms with E-state index in [1.54, 1.807) is 0 Å². The zero-order chi connectivity index (χ0) is 11.4. The first-order chi connectivity index (χ1) is 7.31. The minimum atomic E-state index is 0.475. The maximum atomic E-state index is 5.47. The van der Waals surface area contributed by atoms with Crippen LogP contribution in [0, 0.1) is 5.92 Å². The molecule has 0 saturated heterocycles. The summed E-state index contributed by atoms with van der Waals surface area (Å²) < 4.78 is 16.2. The van der Waals surface area contributed by atoms with Crippen molar-refractivity contribution in [1.82, 2.24) is 0 Å². The van der Waals surface area contributed by atoms with Gasteiger partial charge in [0.25, 0.3) is 0 Å². The maximum Gasteiger partial charge on any atom is 0.0700 e. The highest BCUT2D eigenvalue weighted by atomic mass is 16.5. The average Bonchev–Trinajstić information content (AvgIpc) is 2.23. The molecule has 0 aliphatic carbocycles. The Morgan fingerprint density at radius 3 is 1.80 bits per heavy atom. The molecule has 0 aromatic rings. The highest BCUT2D eigenvalue weighted by Crippen LogP contribution is 1.97. The normalized spacial score (nSPS) is 13.0. The van der Waals surface area contributed by atoms with Crippen molar-refractivity contribution in [3.63, 3.8) is 0 Å². The van der Waals surface area contributed by atoms with Gasteiger partial charge in [0.2, 0.25) is 0 Å². The first kappa shape index (κ1) is 14.9. The molecule has 0 heterocycles. The third kappa shape index (κ3) is 11.8. The van der Waals surface area contributed by atoms with E-state index in [1.165, 1.54) is 0 Å². The highest BCUT2D eigenvalue weighted by Gasteiger charge is 2.01. The van der Waals surface area contributed by atoms with Crippen molar-refractivity contribution in [1.29, 1.82) is 0 Å². The van der Waals surface area contributed by atoms with Gasteiger partial charge in [-0.2, -0.15) is 0 Å².